The van der Waals surface area contributed by atoms with Gasteiger partial charge >= 0.3 is 5.69 Å². The molecule has 0 aliphatic carbocycles. The number of benzene rings is 2. The molecule has 1 aromatic heterocycles. The van der Waals surface area contributed by atoms with Gasteiger partial charge in [0.25, 0.3) is 0 Å². The van der Waals surface area contributed by atoms with Crippen molar-refractivity contribution in [3.63, 3.8) is 0 Å². The van der Waals surface area contributed by atoms with Gasteiger partial charge in [-0.15, -0.1) is 0 Å². The molecule has 5 nitrogen and oxygen atoms in total. The lowest BCUT2D eigenvalue weighted by atomic mass is 10.1. The van der Waals surface area contributed by atoms with E-state index >= 15 is 0 Å². The number of nitrogens with zero attached hydrogens (tertiary/aromatic N) is 1. The molecule has 0 saturated carbocycles. The van der Waals surface area contributed by atoms with Gasteiger partial charge in [0, 0.05) is 5.69 Å². The van der Waals surface area contributed by atoms with Gasteiger partial charge in [-0.05, 0) is 53.6 Å². The summed E-state index contributed by atoms with van der Waals surface area (Å²) < 4.78 is 0. The predicted octanol–water partition coefficient (Wildman–Crippen LogP) is 3.52. The SMILES string of the molecule is O=c1nc(/C=C\c2ccc(O)cc2)cc(/C=C/c2ccc(O)cc2)[nH]1. The van der Waals surface area contributed by atoms with Crippen LogP contribution in [0.5, 0.6) is 11.5 Å². The molecule has 2 aromatic carbocycles. The van der Waals surface area contributed by atoms with Crippen molar-refractivity contribution < 1.29 is 10.2 Å². The summed E-state index contributed by atoms with van der Waals surface area (Å²) in [6.07, 6.45) is 7.15. The number of aromatic hydroxyl groups is 2. The average Bonchev–Trinajstić information content (AvgIpc) is 2.60. The normalized spacial score (nSPS) is 11.4. The van der Waals surface area contributed by atoms with Crippen LogP contribution in [0.2, 0.25) is 0 Å². The maximum Gasteiger partial charge on any atom is 0.345 e. The second kappa shape index (κ2) is 7.31. The third-order valence-corrected chi connectivity index (χ3v) is 3.47. The molecule has 124 valence electrons. The second-order valence-electron chi connectivity index (χ2n) is 5.42. The van der Waals surface area contributed by atoms with E-state index in [1.807, 2.05) is 12.2 Å². The molecule has 0 unspecified atom stereocenters. The number of aromatic nitrogens is 2. The lowest BCUT2D eigenvalue weighted by Gasteiger charge is -1.98. The van der Waals surface area contributed by atoms with Crippen LogP contribution in [-0.2, 0) is 0 Å². The molecule has 5 heteroatoms. The predicted molar refractivity (Wildman–Crippen MR) is 98.9 cm³/mol. The summed E-state index contributed by atoms with van der Waals surface area (Å²) in [5, 5.41) is 18.6. The number of H-pyrrole nitrogens is 1. The first-order chi connectivity index (χ1) is 12.1. The largest absolute Gasteiger partial charge is 0.508 e. The van der Waals surface area contributed by atoms with Gasteiger partial charge in [0.05, 0.1) is 5.69 Å². The van der Waals surface area contributed by atoms with E-state index in [0.29, 0.717) is 11.4 Å². The van der Waals surface area contributed by atoms with Gasteiger partial charge in [-0.2, -0.15) is 4.98 Å². The Hall–Kier alpha value is -3.60. The van der Waals surface area contributed by atoms with Crippen molar-refractivity contribution in [3.05, 3.63) is 87.6 Å². The summed E-state index contributed by atoms with van der Waals surface area (Å²) in [7, 11) is 0. The fraction of sp³-hybridized carbons (Fsp3) is 0. The minimum atomic E-state index is -0.432. The van der Waals surface area contributed by atoms with Crippen LogP contribution < -0.4 is 5.69 Å². The van der Waals surface area contributed by atoms with Crippen LogP contribution >= 0.6 is 0 Å². The number of hydrogen-bond acceptors (Lipinski definition) is 4. The third-order valence-electron chi connectivity index (χ3n) is 3.47. The average molecular weight is 332 g/mol. The first-order valence-corrected chi connectivity index (χ1v) is 7.64. The van der Waals surface area contributed by atoms with E-state index in [1.165, 1.54) is 0 Å². The number of rotatable bonds is 4. The molecule has 0 spiro atoms. The Labute approximate surface area is 144 Å². The third kappa shape index (κ3) is 4.68. The van der Waals surface area contributed by atoms with Crippen molar-refractivity contribution in [1.82, 2.24) is 9.97 Å². The first kappa shape index (κ1) is 16.3. The highest BCUT2D eigenvalue weighted by Crippen LogP contribution is 2.14. The minimum Gasteiger partial charge on any atom is -0.508 e. The van der Waals surface area contributed by atoms with Crippen LogP contribution in [0.3, 0.4) is 0 Å². The smallest absolute Gasteiger partial charge is 0.345 e. The quantitative estimate of drug-likeness (QED) is 0.682. The van der Waals surface area contributed by atoms with E-state index in [0.717, 1.165) is 11.1 Å². The van der Waals surface area contributed by atoms with E-state index in [1.54, 1.807) is 66.7 Å². The number of nitrogens with one attached hydrogen (secondary N) is 1. The molecule has 3 N–H and O–H groups in total. The van der Waals surface area contributed by atoms with E-state index in [2.05, 4.69) is 9.97 Å². The molecule has 0 amide bonds. The molecule has 3 aromatic rings. The van der Waals surface area contributed by atoms with Gasteiger partial charge in [-0.1, -0.05) is 36.4 Å². The zero-order chi connectivity index (χ0) is 17.6. The summed E-state index contributed by atoms with van der Waals surface area (Å²) in [4.78, 5) is 18.3. The highest BCUT2D eigenvalue weighted by Gasteiger charge is 1.97. The second-order valence-corrected chi connectivity index (χ2v) is 5.42. The molecule has 0 aliphatic rings. The number of phenols is 2. The maximum absolute atomic E-state index is 11.7. The topological polar surface area (TPSA) is 86.2 Å². The Balaban J connectivity index is 1.81. The van der Waals surface area contributed by atoms with Gasteiger partial charge in [-0.25, -0.2) is 4.79 Å². The van der Waals surface area contributed by atoms with Crippen LogP contribution in [0.1, 0.15) is 22.5 Å². The van der Waals surface area contributed by atoms with Gasteiger partial charge in [0.15, 0.2) is 0 Å². The van der Waals surface area contributed by atoms with Crippen LogP contribution in [0.15, 0.2) is 59.4 Å². The van der Waals surface area contributed by atoms with Gasteiger partial charge in [-0.3, -0.25) is 0 Å². The molecule has 0 saturated heterocycles. The summed E-state index contributed by atoms with van der Waals surface area (Å²) >= 11 is 0. The zero-order valence-electron chi connectivity index (χ0n) is 13.3. The first-order valence-electron chi connectivity index (χ1n) is 7.64. The van der Waals surface area contributed by atoms with Crippen LogP contribution in [0.4, 0.5) is 0 Å². The zero-order valence-corrected chi connectivity index (χ0v) is 13.3. The van der Waals surface area contributed by atoms with Gasteiger partial charge < -0.3 is 15.2 Å². The molecule has 0 bridgehead atoms. The Morgan fingerprint density at radius 1 is 0.760 bits per heavy atom. The Bertz CT molecular complexity index is 892. The van der Waals surface area contributed by atoms with Gasteiger partial charge in [0.2, 0.25) is 0 Å². The van der Waals surface area contributed by atoms with E-state index in [9.17, 15) is 15.0 Å². The Morgan fingerprint density at radius 3 is 1.84 bits per heavy atom. The summed E-state index contributed by atoms with van der Waals surface area (Å²) in [6.45, 7) is 0. The lowest BCUT2D eigenvalue weighted by Crippen LogP contribution is -2.12. The standard InChI is InChI=1S/C20H16N2O3/c23-18-9-3-14(4-10-18)1-7-16-13-17(22-20(25)21-16)8-2-15-5-11-19(24)12-6-15/h1-13,23-24H,(H,21,22,25)/b7-1-,8-2+. The van der Waals surface area contributed by atoms with Crippen LogP contribution in [0, 0.1) is 0 Å². The van der Waals surface area contributed by atoms with E-state index < -0.39 is 5.69 Å². The molecule has 0 radical (unpaired) electrons. The number of phenolic OH excluding ortho intramolecular Hbond substituents is 2. The van der Waals surface area contributed by atoms with Crippen molar-refractivity contribution >= 4 is 24.3 Å². The Morgan fingerprint density at radius 2 is 1.28 bits per heavy atom. The summed E-state index contributed by atoms with van der Waals surface area (Å²) in [6, 6.07) is 15.2. The van der Waals surface area contributed by atoms with Gasteiger partial charge in [0.1, 0.15) is 11.5 Å². The highest BCUT2D eigenvalue weighted by molar-refractivity contribution is 5.71. The van der Waals surface area contributed by atoms with Crippen molar-refractivity contribution in [2.45, 2.75) is 0 Å². The summed E-state index contributed by atoms with van der Waals surface area (Å²) in [5.41, 5.74) is 2.51. The molecule has 25 heavy (non-hydrogen) atoms. The molecule has 0 aliphatic heterocycles. The van der Waals surface area contributed by atoms with Crippen LogP contribution in [-0.4, -0.2) is 20.2 Å². The Kier molecular flexibility index (Phi) is 4.76. The minimum absolute atomic E-state index is 0.202. The molecule has 0 atom stereocenters. The lowest BCUT2D eigenvalue weighted by molar-refractivity contribution is 0.474. The van der Waals surface area contributed by atoms with Crippen molar-refractivity contribution in [3.8, 4) is 11.5 Å². The monoisotopic (exact) mass is 332 g/mol. The fourth-order valence-corrected chi connectivity index (χ4v) is 2.21. The van der Waals surface area contributed by atoms with E-state index in [4.69, 9.17) is 0 Å². The van der Waals surface area contributed by atoms with Crippen molar-refractivity contribution in [2.24, 2.45) is 0 Å². The van der Waals surface area contributed by atoms with E-state index in [-0.39, 0.29) is 11.5 Å². The molecule has 0 fully saturated rings. The van der Waals surface area contributed by atoms with Crippen LogP contribution in [0.25, 0.3) is 24.3 Å². The molecule has 3 rings (SSSR count). The number of aromatic amines is 1. The summed E-state index contributed by atoms with van der Waals surface area (Å²) in [5.74, 6) is 0.407. The molecular weight excluding hydrogens is 316 g/mol. The molecule has 1 heterocycles. The van der Waals surface area contributed by atoms with Crippen molar-refractivity contribution in [2.75, 3.05) is 0 Å². The maximum atomic E-state index is 11.7. The molecular formula is C20H16N2O3. The fourth-order valence-electron chi connectivity index (χ4n) is 2.21. The van der Waals surface area contributed by atoms with Crippen molar-refractivity contribution in [1.29, 1.82) is 0 Å². The highest BCUT2D eigenvalue weighted by atomic mass is 16.3. The number of hydrogen-bond donors (Lipinski definition) is 3.